The largest absolute Gasteiger partial charge is 0.341 e. The van der Waals surface area contributed by atoms with E-state index >= 15 is 0 Å². The van der Waals surface area contributed by atoms with E-state index in [1.165, 1.54) is 11.8 Å². The van der Waals surface area contributed by atoms with Gasteiger partial charge in [0.2, 0.25) is 0 Å². The van der Waals surface area contributed by atoms with E-state index in [-0.39, 0.29) is 5.78 Å². The first-order chi connectivity index (χ1) is 11.7. The fourth-order valence-electron chi connectivity index (χ4n) is 2.92. The normalized spacial score (nSPS) is 13.7. The number of fused-ring (bicyclic) bond motifs is 2. The molecule has 0 atom stereocenters. The molecule has 0 bridgehead atoms. The average molecular weight is 334 g/mol. The van der Waals surface area contributed by atoms with Crippen LogP contribution in [0.5, 0.6) is 0 Å². The van der Waals surface area contributed by atoms with Crippen molar-refractivity contribution < 1.29 is 4.79 Å². The molecule has 6 heteroatoms. The van der Waals surface area contributed by atoms with E-state index in [4.69, 9.17) is 0 Å². The number of thioether (sulfide) groups is 1. The minimum Gasteiger partial charge on any atom is -0.341 e. The maximum atomic E-state index is 12.0. The molecule has 2 aromatic heterocycles. The van der Waals surface area contributed by atoms with Crippen LogP contribution in [-0.2, 0) is 12.2 Å². The molecular formula is C18H14N4OS. The lowest BCUT2D eigenvalue weighted by Crippen LogP contribution is -2.13. The number of carbonyl (C=O) groups excluding carboxylic acids is 1. The molecule has 0 aliphatic heterocycles. The van der Waals surface area contributed by atoms with Gasteiger partial charge < -0.3 is 4.98 Å². The number of nitrogens with zero attached hydrogens (tertiary/aromatic N) is 3. The predicted molar refractivity (Wildman–Crippen MR) is 91.9 cm³/mol. The number of imidazole rings is 1. The van der Waals surface area contributed by atoms with Crippen molar-refractivity contribution in [2.24, 2.45) is 0 Å². The van der Waals surface area contributed by atoms with Gasteiger partial charge in [-0.25, -0.2) is 9.97 Å². The van der Waals surface area contributed by atoms with Gasteiger partial charge in [-0.2, -0.15) is 5.26 Å². The van der Waals surface area contributed by atoms with Crippen LogP contribution in [0.3, 0.4) is 0 Å². The van der Waals surface area contributed by atoms with Gasteiger partial charge in [0, 0.05) is 12.0 Å². The van der Waals surface area contributed by atoms with E-state index in [1.54, 1.807) is 6.07 Å². The molecule has 0 saturated heterocycles. The molecule has 1 N–H and O–H groups in total. The van der Waals surface area contributed by atoms with Crippen molar-refractivity contribution in [3.8, 4) is 6.07 Å². The second-order valence-electron chi connectivity index (χ2n) is 5.71. The highest BCUT2D eigenvalue weighted by Crippen LogP contribution is 2.29. The van der Waals surface area contributed by atoms with Crippen LogP contribution in [0.15, 0.2) is 35.4 Å². The molecule has 0 unspecified atom stereocenters. The Morgan fingerprint density at radius 2 is 2.12 bits per heavy atom. The van der Waals surface area contributed by atoms with E-state index < -0.39 is 0 Å². The molecule has 1 aliphatic carbocycles. The number of H-pyrrole nitrogens is 1. The van der Waals surface area contributed by atoms with Gasteiger partial charge in [-0.15, -0.1) is 0 Å². The van der Waals surface area contributed by atoms with Crippen LogP contribution in [0, 0.1) is 11.3 Å². The Kier molecular flexibility index (Phi) is 3.79. The van der Waals surface area contributed by atoms with Crippen LogP contribution in [0.25, 0.3) is 11.0 Å². The van der Waals surface area contributed by atoms with Crippen LogP contribution in [0.2, 0.25) is 0 Å². The summed E-state index contributed by atoms with van der Waals surface area (Å²) in [6, 6.07) is 11.7. The molecular weight excluding hydrogens is 320 g/mol. The molecule has 0 spiro atoms. The molecule has 0 amide bonds. The first kappa shape index (κ1) is 14.9. The zero-order valence-corrected chi connectivity index (χ0v) is 13.7. The summed E-state index contributed by atoms with van der Waals surface area (Å²) in [4.78, 5) is 24.4. The number of nitriles is 1. The summed E-state index contributed by atoms with van der Waals surface area (Å²) in [6.45, 7) is 0. The maximum Gasteiger partial charge on any atom is 0.164 e. The molecule has 3 aromatic rings. The summed E-state index contributed by atoms with van der Waals surface area (Å²) < 4.78 is 0. The topological polar surface area (TPSA) is 82.4 Å². The van der Waals surface area contributed by atoms with Crippen LogP contribution >= 0.6 is 11.8 Å². The molecule has 0 fully saturated rings. The number of Topliss-reactive ketones (excluding diaryl/α,β-unsaturated/α-hetero) is 1. The Labute approximate surface area is 143 Å². The quantitative estimate of drug-likeness (QED) is 0.739. The monoisotopic (exact) mass is 334 g/mol. The highest BCUT2D eigenvalue weighted by molar-refractivity contribution is 7.98. The first-order valence-corrected chi connectivity index (χ1v) is 8.77. The van der Waals surface area contributed by atoms with E-state index in [1.807, 2.05) is 24.3 Å². The number of aromatic amines is 1. The van der Waals surface area contributed by atoms with Gasteiger partial charge in [-0.3, -0.25) is 4.79 Å². The second kappa shape index (κ2) is 6.10. The summed E-state index contributed by atoms with van der Waals surface area (Å²) in [5.41, 5.74) is 3.82. The van der Waals surface area contributed by atoms with Crippen molar-refractivity contribution >= 4 is 28.6 Å². The summed E-state index contributed by atoms with van der Waals surface area (Å²) in [5, 5.41) is 10.1. The van der Waals surface area contributed by atoms with Crippen molar-refractivity contribution in [3.05, 3.63) is 53.0 Å². The highest BCUT2D eigenvalue weighted by Gasteiger charge is 2.21. The number of hydrogen-bond donors (Lipinski definition) is 1. The SMILES string of the molecule is N#Cc1cc2c(nc1SCc1nc3ccccc3[nH]1)CCCC2=O. The Morgan fingerprint density at radius 1 is 1.25 bits per heavy atom. The van der Waals surface area contributed by atoms with Crippen molar-refractivity contribution in [2.75, 3.05) is 0 Å². The zero-order valence-electron chi connectivity index (χ0n) is 12.9. The number of para-hydroxylation sites is 2. The number of benzene rings is 1. The number of ketones is 1. The standard InChI is InChI=1S/C18H14N4OS/c19-9-11-8-12-13(6-3-7-16(12)23)22-18(11)24-10-17-20-14-4-1-2-5-15(14)21-17/h1-2,4-5,8H,3,6-7,10H2,(H,20,21). The molecule has 0 radical (unpaired) electrons. The van der Waals surface area contributed by atoms with E-state index in [0.29, 0.717) is 28.3 Å². The summed E-state index contributed by atoms with van der Waals surface area (Å²) in [6.07, 6.45) is 2.18. The second-order valence-corrected chi connectivity index (χ2v) is 6.68. The van der Waals surface area contributed by atoms with Gasteiger partial charge in [0.1, 0.15) is 16.9 Å². The molecule has 1 aliphatic rings. The molecule has 2 heterocycles. The molecule has 5 nitrogen and oxygen atoms in total. The lowest BCUT2D eigenvalue weighted by atomic mass is 9.94. The Bertz CT molecular complexity index is 953. The molecule has 4 rings (SSSR count). The minimum atomic E-state index is 0.0917. The predicted octanol–water partition coefficient (Wildman–Crippen LogP) is 3.64. The highest BCUT2D eigenvalue weighted by atomic mass is 32.2. The summed E-state index contributed by atoms with van der Waals surface area (Å²) in [7, 11) is 0. The molecule has 118 valence electrons. The molecule has 1 aromatic carbocycles. The van der Waals surface area contributed by atoms with Gasteiger partial charge in [-0.1, -0.05) is 23.9 Å². The average Bonchev–Trinajstić information content (AvgIpc) is 3.02. The minimum absolute atomic E-state index is 0.0917. The number of aromatic nitrogens is 3. The number of aryl methyl sites for hydroxylation is 1. The van der Waals surface area contributed by atoms with E-state index in [9.17, 15) is 10.1 Å². The number of nitrogens with one attached hydrogen (secondary N) is 1. The van der Waals surface area contributed by atoms with Gasteiger partial charge in [-0.05, 0) is 31.0 Å². The van der Waals surface area contributed by atoms with Gasteiger partial charge in [0.25, 0.3) is 0 Å². The Morgan fingerprint density at radius 3 is 2.96 bits per heavy atom. The van der Waals surface area contributed by atoms with E-state index in [0.717, 1.165) is 35.4 Å². The Hall–Kier alpha value is -2.65. The van der Waals surface area contributed by atoms with Crippen molar-refractivity contribution in [1.29, 1.82) is 5.26 Å². The third-order valence-electron chi connectivity index (χ3n) is 4.09. The number of rotatable bonds is 3. The molecule has 24 heavy (non-hydrogen) atoms. The number of pyridine rings is 1. The van der Waals surface area contributed by atoms with Crippen LogP contribution in [0.4, 0.5) is 0 Å². The van der Waals surface area contributed by atoms with E-state index in [2.05, 4.69) is 21.0 Å². The Balaban J connectivity index is 1.62. The zero-order chi connectivity index (χ0) is 16.5. The summed E-state index contributed by atoms with van der Waals surface area (Å²) >= 11 is 1.48. The fourth-order valence-corrected chi connectivity index (χ4v) is 3.76. The van der Waals surface area contributed by atoms with Gasteiger partial charge in [0.05, 0.1) is 28.0 Å². The molecule has 0 saturated carbocycles. The van der Waals surface area contributed by atoms with Crippen LogP contribution in [0.1, 0.15) is 40.3 Å². The van der Waals surface area contributed by atoms with Crippen molar-refractivity contribution in [1.82, 2.24) is 15.0 Å². The first-order valence-electron chi connectivity index (χ1n) is 7.78. The third-order valence-corrected chi connectivity index (χ3v) is 5.09. The third kappa shape index (κ3) is 2.68. The van der Waals surface area contributed by atoms with Crippen LogP contribution in [-0.4, -0.2) is 20.7 Å². The maximum absolute atomic E-state index is 12.0. The number of hydrogen-bond acceptors (Lipinski definition) is 5. The van der Waals surface area contributed by atoms with Crippen molar-refractivity contribution in [3.63, 3.8) is 0 Å². The lowest BCUT2D eigenvalue weighted by Gasteiger charge is -2.15. The number of carbonyl (C=O) groups is 1. The lowest BCUT2D eigenvalue weighted by molar-refractivity contribution is 0.0971. The smallest absolute Gasteiger partial charge is 0.164 e. The van der Waals surface area contributed by atoms with Gasteiger partial charge in [0.15, 0.2) is 5.78 Å². The summed E-state index contributed by atoms with van der Waals surface area (Å²) in [5.74, 6) is 1.54. The fraction of sp³-hybridized carbons (Fsp3) is 0.222. The van der Waals surface area contributed by atoms with Gasteiger partial charge >= 0.3 is 0 Å². The van der Waals surface area contributed by atoms with Crippen LogP contribution < -0.4 is 0 Å². The van der Waals surface area contributed by atoms with Crippen molar-refractivity contribution in [2.45, 2.75) is 30.0 Å².